The first-order valence-corrected chi connectivity index (χ1v) is 10.2. The summed E-state index contributed by atoms with van der Waals surface area (Å²) in [6.07, 6.45) is 0.822. The summed E-state index contributed by atoms with van der Waals surface area (Å²) >= 11 is 1.45. The fourth-order valence-corrected chi connectivity index (χ4v) is 4.47. The highest BCUT2D eigenvalue weighted by atomic mass is 32.1. The molecule has 2 aromatic carbocycles. The Kier molecular flexibility index (Phi) is 5.73. The highest BCUT2D eigenvalue weighted by Crippen LogP contribution is 2.31. The molecule has 0 saturated carbocycles. The van der Waals surface area contributed by atoms with Crippen LogP contribution < -0.4 is 10.1 Å². The number of anilines is 1. The molecule has 1 aromatic heterocycles. The van der Waals surface area contributed by atoms with Gasteiger partial charge in [0.15, 0.2) is 10.9 Å². The van der Waals surface area contributed by atoms with E-state index in [1.807, 2.05) is 18.2 Å². The molecule has 1 amide bonds. The van der Waals surface area contributed by atoms with Gasteiger partial charge in [-0.15, -0.1) is 11.3 Å². The van der Waals surface area contributed by atoms with E-state index in [2.05, 4.69) is 27.3 Å². The number of methoxy groups -OCH3 is 1. The summed E-state index contributed by atoms with van der Waals surface area (Å²) in [6, 6.07) is 14.4. The van der Waals surface area contributed by atoms with Crippen LogP contribution in [0.2, 0.25) is 0 Å². The van der Waals surface area contributed by atoms with Crippen molar-refractivity contribution in [3.63, 3.8) is 0 Å². The minimum Gasteiger partial charge on any atom is -0.490 e. The predicted molar refractivity (Wildman–Crippen MR) is 114 cm³/mol. The Labute approximate surface area is 177 Å². The van der Waals surface area contributed by atoms with Crippen LogP contribution in [0.3, 0.4) is 0 Å². The standard InChI is InChI=1S/C21H20N4O4S/c1-29-18-8-7-15(11-17(18)25(27)28)20(26)23-21-22-16-9-10-24(13-19(16)30-21)12-14-5-3-2-4-6-14/h2-8,11H,9-10,12-13H2,1H3,(H,22,23,26). The maximum Gasteiger partial charge on any atom is 0.311 e. The highest BCUT2D eigenvalue weighted by Gasteiger charge is 2.23. The van der Waals surface area contributed by atoms with Gasteiger partial charge in [0.2, 0.25) is 0 Å². The number of amides is 1. The number of aromatic nitrogens is 1. The Balaban J connectivity index is 1.45. The molecule has 30 heavy (non-hydrogen) atoms. The van der Waals surface area contributed by atoms with Crippen molar-refractivity contribution in [3.8, 4) is 5.75 Å². The molecule has 3 aromatic rings. The van der Waals surface area contributed by atoms with Gasteiger partial charge in [-0.3, -0.25) is 25.1 Å². The van der Waals surface area contributed by atoms with E-state index in [0.29, 0.717) is 5.13 Å². The number of benzene rings is 2. The van der Waals surface area contributed by atoms with Crippen molar-refractivity contribution in [3.05, 3.63) is 80.3 Å². The molecule has 9 heteroatoms. The summed E-state index contributed by atoms with van der Waals surface area (Å²) in [5.41, 5.74) is 2.20. The molecule has 4 rings (SSSR count). The number of carbonyl (C=O) groups is 1. The van der Waals surface area contributed by atoms with Crippen molar-refractivity contribution in [2.24, 2.45) is 0 Å². The van der Waals surface area contributed by atoms with Gasteiger partial charge in [-0.2, -0.15) is 0 Å². The van der Waals surface area contributed by atoms with E-state index in [1.54, 1.807) is 0 Å². The number of carbonyl (C=O) groups excluding carboxylic acids is 1. The zero-order chi connectivity index (χ0) is 21.1. The Hall–Kier alpha value is -3.30. The first kappa shape index (κ1) is 20.0. The van der Waals surface area contributed by atoms with Gasteiger partial charge in [0, 0.05) is 42.6 Å². The average molecular weight is 424 g/mol. The number of thiazole rings is 1. The average Bonchev–Trinajstić information content (AvgIpc) is 3.15. The zero-order valence-corrected chi connectivity index (χ0v) is 17.1. The third-order valence-corrected chi connectivity index (χ3v) is 5.92. The molecule has 0 unspecified atom stereocenters. The number of nitro groups is 1. The molecule has 0 bridgehead atoms. The lowest BCUT2D eigenvalue weighted by Gasteiger charge is -2.25. The van der Waals surface area contributed by atoms with Crippen LogP contribution in [-0.4, -0.2) is 34.4 Å². The normalized spacial score (nSPS) is 13.5. The minimum absolute atomic E-state index is 0.111. The Morgan fingerprint density at radius 1 is 1.30 bits per heavy atom. The van der Waals surface area contributed by atoms with Crippen LogP contribution in [0.5, 0.6) is 5.75 Å². The van der Waals surface area contributed by atoms with Gasteiger partial charge in [0.05, 0.1) is 17.7 Å². The second kappa shape index (κ2) is 8.60. The topological polar surface area (TPSA) is 97.6 Å². The Morgan fingerprint density at radius 2 is 2.10 bits per heavy atom. The van der Waals surface area contributed by atoms with Crippen molar-refractivity contribution in [1.29, 1.82) is 0 Å². The van der Waals surface area contributed by atoms with E-state index < -0.39 is 10.8 Å². The molecule has 154 valence electrons. The lowest BCUT2D eigenvalue weighted by atomic mass is 10.1. The maximum absolute atomic E-state index is 12.6. The summed E-state index contributed by atoms with van der Waals surface area (Å²) in [5, 5.41) is 14.5. The summed E-state index contributed by atoms with van der Waals surface area (Å²) in [6.45, 7) is 2.56. The van der Waals surface area contributed by atoms with Crippen LogP contribution in [0.1, 0.15) is 26.5 Å². The number of nitrogens with one attached hydrogen (secondary N) is 1. The number of nitrogens with zero attached hydrogens (tertiary/aromatic N) is 3. The third-order valence-electron chi connectivity index (χ3n) is 4.92. The molecular weight excluding hydrogens is 404 g/mol. The lowest BCUT2D eigenvalue weighted by molar-refractivity contribution is -0.385. The van der Waals surface area contributed by atoms with Crippen LogP contribution in [-0.2, 0) is 19.5 Å². The molecule has 0 spiro atoms. The number of rotatable bonds is 6. The van der Waals surface area contributed by atoms with E-state index in [-0.39, 0.29) is 17.0 Å². The smallest absolute Gasteiger partial charge is 0.311 e. The monoisotopic (exact) mass is 424 g/mol. The minimum atomic E-state index is -0.570. The van der Waals surface area contributed by atoms with E-state index in [9.17, 15) is 14.9 Å². The number of fused-ring (bicyclic) bond motifs is 1. The second-order valence-corrected chi connectivity index (χ2v) is 8.02. The molecule has 0 saturated heterocycles. The van der Waals surface area contributed by atoms with Crippen molar-refractivity contribution in [1.82, 2.24) is 9.88 Å². The van der Waals surface area contributed by atoms with Crippen molar-refractivity contribution < 1.29 is 14.5 Å². The molecule has 1 N–H and O–H groups in total. The molecule has 2 heterocycles. The zero-order valence-electron chi connectivity index (χ0n) is 16.3. The summed E-state index contributed by atoms with van der Waals surface area (Å²) in [5.74, 6) is -0.326. The van der Waals surface area contributed by atoms with Crippen LogP contribution in [0.15, 0.2) is 48.5 Å². The lowest BCUT2D eigenvalue weighted by Crippen LogP contribution is -2.29. The number of ether oxygens (including phenoxy) is 1. The summed E-state index contributed by atoms with van der Waals surface area (Å²) < 4.78 is 4.98. The van der Waals surface area contributed by atoms with Gasteiger partial charge in [-0.25, -0.2) is 4.98 Å². The van der Waals surface area contributed by atoms with Crippen molar-refractivity contribution >= 4 is 28.1 Å². The first-order chi connectivity index (χ1) is 14.5. The molecule has 0 fully saturated rings. The quantitative estimate of drug-likeness (QED) is 0.477. The molecule has 0 aliphatic carbocycles. The fraction of sp³-hybridized carbons (Fsp3) is 0.238. The van der Waals surface area contributed by atoms with Gasteiger partial charge < -0.3 is 4.74 Å². The Morgan fingerprint density at radius 3 is 2.83 bits per heavy atom. The third kappa shape index (κ3) is 4.32. The molecule has 8 nitrogen and oxygen atoms in total. The van der Waals surface area contributed by atoms with Crippen LogP contribution >= 0.6 is 11.3 Å². The molecule has 0 atom stereocenters. The van der Waals surface area contributed by atoms with E-state index >= 15 is 0 Å². The van der Waals surface area contributed by atoms with Gasteiger partial charge in [0.1, 0.15) is 0 Å². The number of hydrogen-bond acceptors (Lipinski definition) is 7. The predicted octanol–water partition coefficient (Wildman–Crippen LogP) is 3.87. The van der Waals surface area contributed by atoms with E-state index in [4.69, 9.17) is 4.74 Å². The first-order valence-electron chi connectivity index (χ1n) is 9.42. The van der Waals surface area contributed by atoms with Crippen molar-refractivity contribution in [2.45, 2.75) is 19.5 Å². The maximum atomic E-state index is 12.6. The number of hydrogen-bond donors (Lipinski definition) is 1. The molecular formula is C21H20N4O4S. The molecule has 1 aliphatic rings. The van der Waals surface area contributed by atoms with Gasteiger partial charge in [-0.05, 0) is 17.7 Å². The Bertz CT molecular complexity index is 1080. The van der Waals surface area contributed by atoms with Gasteiger partial charge in [-0.1, -0.05) is 30.3 Å². The SMILES string of the molecule is COc1ccc(C(=O)Nc2nc3c(s2)CN(Cc2ccccc2)CC3)cc1[N+](=O)[O-]. The summed E-state index contributed by atoms with van der Waals surface area (Å²) in [7, 11) is 1.35. The van der Waals surface area contributed by atoms with Crippen LogP contribution in [0, 0.1) is 10.1 Å². The van der Waals surface area contributed by atoms with Crippen molar-refractivity contribution in [2.75, 3.05) is 19.0 Å². The fourth-order valence-electron chi connectivity index (χ4n) is 3.42. The van der Waals surface area contributed by atoms with Crippen LogP contribution in [0.4, 0.5) is 10.8 Å². The molecule has 1 aliphatic heterocycles. The van der Waals surface area contributed by atoms with Gasteiger partial charge >= 0.3 is 5.69 Å². The second-order valence-electron chi connectivity index (χ2n) is 6.93. The highest BCUT2D eigenvalue weighted by molar-refractivity contribution is 7.15. The van der Waals surface area contributed by atoms with E-state index in [0.717, 1.165) is 36.6 Å². The molecule has 0 radical (unpaired) electrons. The van der Waals surface area contributed by atoms with Gasteiger partial charge in [0.25, 0.3) is 5.91 Å². The van der Waals surface area contributed by atoms with Crippen LogP contribution in [0.25, 0.3) is 0 Å². The number of nitro benzene ring substituents is 1. The largest absolute Gasteiger partial charge is 0.490 e. The summed E-state index contributed by atoms with van der Waals surface area (Å²) in [4.78, 5) is 31.2. The van der Waals surface area contributed by atoms with E-state index in [1.165, 1.54) is 42.2 Å².